The molecule has 2 aromatic carbocycles. The van der Waals surface area contributed by atoms with Gasteiger partial charge in [0.25, 0.3) is 0 Å². The highest BCUT2D eigenvalue weighted by Crippen LogP contribution is 2.31. The highest BCUT2D eigenvalue weighted by atomic mass is 16.3. The first-order chi connectivity index (χ1) is 11.8. The smallest absolute Gasteiger partial charge is 0.142 e. The fourth-order valence-corrected chi connectivity index (χ4v) is 3.11. The quantitative estimate of drug-likeness (QED) is 0.715. The van der Waals surface area contributed by atoms with E-state index in [0.717, 1.165) is 27.8 Å². The number of hydrogen-bond donors (Lipinski definition) is 1. The van der Waals surface area contributed by atoms with Gasteiger partial charge >= 0.3 is 0 Å². The summed E-state index contributed by atoms with van der Waals surface area (Å²) in [6.07, 6.45) is 4.06. The second-order valence-electron chi connectivity index (χ2n) is 5.79. The van der Waals surface area contributed by atoms with Gasteiger partial charge in [-0.3, -0.25) is 4.98 Å². The summed E-state index contributed by atoms with van der Waals surface area (Å²) in [5, 5.41) is 19.8. The van der Waals surface area contributed by atoms with Crippen LogP contribution in [0, 0.1) is 11.3 Å². The van der Waals surface area contributed by atoms with Gasteiger partial charge < -0.3 is 5.11 Å². The van der Waals surface area contributed by atoms with Crippen molar-refractivity contribution < 1.29 is 5.11 Å². The number of aliphatic hydroxyl groups excluding tert-OH is 1. The van der Waals surface area contributed by atoms with E-state index in [1.54, 1.807) is 18.3 Å². The molecule has 1 heterocycles. The molecule has 3 aromatic rings. The lowest BCUT2D eigenvalue weighted by Gasteiger charge is -2.09. The molecule has 1 aliphatic rings. The minimum atomic E-state index is 0.103. The van der Waals surface area contributed by atoms with E-state index in [1.807, 2.05) is 42.5 Å². The zero-order valence-corrected chi connectivity index (χ0v) is 12.9. The topological polar surface area (TPSA) is 56.9 Å². The van der Waals surface area contributed by atoms with Crippen molar-refractivity contribution in [3.8, 4) is 17.2 Å². The van der Waals surface area contributed by atoms with Crippen LogP contribution in [0.1, 0.15) is 27.9 Å². The van der Waals surface area contributed by atoms with Crippen LogP contribution in [0.2, 0.25) is 0 Å². The molecule has 0 atom stereocenters. The second-order valence-corrected chi connectivity index (χ2v) is 5.79. The Morgan fingerprint density at radius 3 is 2.58 bits per heavy atom. The van der Waals surface area contributed by atoms with Gasteiger partial charge in [-0.25, -0.2) is 0 Å². The standard InChI is InChI=1S/C21H14N2O/c22-12-16-8-4-7-15-9-17-10-18(14-5-2-1-3-6-14)13-23-21(17)20(24)11-19(15)16/h1-8,10-11,13,24H,9H2. The van der Waals surface area contributed by atoms with Crippen molar-refractivity contribution in [3.05, 3.63) is 88.7 Å². The third kappa shape index (κ3) is 2.35. The number of nitrogens with zero attached hydrogens (tertiary/aromatic N) is 2. The van der Waals surface area contributed by atoms with Crippen molar-refractivity contribution in [1.82, 2.24) is 4.98 Å². The molecule has 1 aliphatic carbocycles. The molecular weight excluding hydrogens is 296 g/mol. The van der Waals surface area contributed by atoms with Gasteiger partial charge in [0.15, 0.2) is 0 Å². The first kappa shape index (κ1) is 14.2. The predicted molar refractivity (Wildman–Crippen MR) is 94.1 cm³/mol. The number of fused-ring (bicyclic) bond motifs is 2. The molecule has 0 amide bonds. The molecule has 1 N–H and O–H groups in total. The van der Waals surface area contributed by atoms with E-state index < -0.39 is 0 Å². The van der Waals surface area contributed by atoms with E-state index in [9.17, 15) is 10.4 Å². The van der Waals surface area contributed by atoms with Crippen molar-refractivity contribution in [2.75, 3.05) is 0 Å². The minimum Gasteiger partial charge on any atom is -0.506 e. The lowest BCUT2D eigenvalue weighted by atomic mass is 9.96. The van der Waals surface area contributed by atoms with Crippen LogP contribution in [0.3, 0.4) is 0 Å². The molecule has 0 bridgehead atoms. The number of nitriles is 1. The van der Waals surface area contributed by atoms with Crippen LogP contribution in [0.15, 0.2) is 60.8 Å². The molecule has 0 saturated heterocycles. The van der Waals surface area contributed by atoms with Crippen LogP contribution < -0.4 is 0 Å². The predicted octanol–water partition coefficient (Wildman–Crippen LogP) is 4.58. The largest absolute Gasteiger partial charge is 0.506 e. The Hall–Kier alpha value is -3.38. The van der Waals surface area contributed by atoms with Crippen LogP contribution in [0.4, 0.5) is 0 Å². The number of aliphatic hydroxyl groups is 1. The summed E-state index contributed by atoms with van der Waals surface area (Å²) in [4.78, 5) is 4.47. The normalized spacial score (nSPS) is 12.4. The van der Waals surface area contributed by atoms with E-state index >= 15 is 0 Å². The number of aromatic nitrogens is 1. The molecule has 24 heavy (non-hydrogen) atoms. The van der Waals surface area contributed by atoms with Crippen molar-refractivity contribution in [3.63, 3.8) is 0 Å². The molecule has 0 saturated carbocycles. The first-order valence-corrected chi connectivity index (χ1v) is 7.73. The number of rotatable bonds is 1. The van der Waals surface area contributed by atoms with Crippen LogP contribution >= 0.6 is 0 Å². The van der Waals surface area contributed by atoms with Crippen LogP contribution in [-0.2, 0) is 6.42 Å². The first-order valence-electron chi connectivity index (χ1n) is 7.73. The average molecular weight is 310 g/mol. The van der Waals surface area contributed by atoms with Gasteiger partial charge in [-0.05, 0) is 40.5 Å². The Morgan fingerprint density at radius 2 is 1.79 bits per heavy atom. The summed E-state index contributed by atoms with van der Waals surface area (Å²) in [6, 6.07) is 19.9. The zero-order chi connectivity index (χ0) is 16.5. The SMILES string of the molecule is N#Cc1cccc2c1C=C(O)c1ncc(-c3ccccc3)cc1C2. The molecule has 3 heteroatoms. The Bertz CT molecular complexity index is 998. The van der Waals surface area contributed by atoms with Crippen LogP contribution in [0.5, 0.6) is 0 Å². The monoisotopic (exact) mass is 310 g/mol. The number of benzene rings is 2. The molecule has 0 unspecified atom stereocenters. The summed E-state index contributed by atoms with van der Waals surface area (Å²) in [5.74, 6) is 0.103. The molecule has 0 fully saturated rings. The summed E-state index contributed by atoms with van der Waals surface area (Å²) in [5.41, 5.74) is 6.00. The number of pyridine rings is 1. The third-order valence-corrected chi connectivity index (χ3v) is 4.30. The van der Waals surface area contributed by atoms with Gasteiger partial charge in [0, 0.05) is 18.2 Å². The summed E-state index contributed by atoms with van der Waals surface area (Å²) in [7, 11) is 0. The highest BCUT2D eigenvalue weighted by molar-refractivity contribution is 5.82. The van der Waals surface area contributed by atoms with Crippen LogP contribution in [-0.4, -0.2) is 10.1 Å². The molecule has 4 rings (SSSR count). The molecule has 3 nitrogen and oxygen atoms in total. The van der Waals surface area contributed by atoms with Gasteiger partial charge in [0.2, 0.25) is 0 Å². The van der Waals surface area contributed by atoms with Crippen LogP contribution in [0.25, 0.3) is 23.0 Å². The van der Waals surface area contributed by atoms with E-state index in [1.165, 1.54) is 0 Å². The molecule has 0 spiro atoms. The maximum absolute atomic E-state index is 10.5. The third-order valence-electron chi connectivity index (χ3n) is 4.30. The average Bonchev–Trinajstić information content (AvgIpc) is 2.77. The summed E-state index contributed by atoms with van der Waals surface area (Å²) < 4.78 is 0. The fourth-order valence-electron chi connectivity index (χ4n) is 3.11. The Kier molecular flexibility index (Phi) is 3.36. The Morgan fingerprint density at radius 1 is 0.958 bits per heavy atom. The van der Waals surface area contributed by atoms with E-state index in [4.69, 9.17) is 0 Å². The summed E-state index contributed by atoms with van der Waals surface area (Å²) >= 11 is 0. The fraction of sp³-hybridized carbons (Fsp3) is 0.0476. The molecule has 0 radical (unpaired) electrons. The Balaban J connectivity index is 1.88. The van der Waals surface area contributed by atoms with E-state index in [-0.39, 0.29) is 5.76 Å². The second kappa shape index (κ2) is 5.68. The van der Waals surface area contributed by atoms with Gasteiger partial charge in [0.05, 0.1) is 11.6 Å². The highest BCUT2D eigenvalue weighted by Gasteiger charge is 2.18. The van der Waals surface area contributed by atoms with Gasteiger partial charge in [-0.1, -0.05) is 42.5 Å². The minimum absolute atomic E-state index is 0.103. The summed E-state index contributed by atoms with van der Waals surface area (Å²) in [6.45, 7) is 0. The lowest BCUT2D eigenvalue weighted by Crippen LogP contribution is -1.98. The van der Waals surface area contributed by atoms with Crippen molar-refractivity contribution >= 4 is 11.8 Å². The van der Waals surface area contributed by atoms with Gasteiger partial charge in [0.1, 0.15) is 11.5 Å². The van der Waals surface area contributed by atoms with Crippen molar-refractivity contribution in [1.29, 1.82) is 5.26 Å². The Labute approximate surface area is 140 Å². The van der Waals surface area contributed by atoms with Crippen molar-refractivity contribution in [2.45, 2.75) is 6.42 Å². The zero-order valence-electron chi connectivity index (χ0n) is 12.9. The molecule has 0 aliphatic heterocycles. The maximum atomic E-state index is 10.5. The molecule has 1 aromatic heterocycles. The maximum Gasteiger partial charge on any atom is 0.142 e. The van der Waals surface area contributed by atoms with E-state index in [2.05, 4.69) is 17.1 Å². The van der Waals surface area contributed by atoms with Gasteiger partial charge in [-0.2, -0.15) is 5.26 Å². The molecule has 114 valence electrons. The lowest BCUT2D eigenvalue weighted by molar-refractivity contribution is 0.511. The van der Waals surface area contributed by atoms with Gasteiger partial charge in [-0.15, -0.1) is 0 Å². The van der Waals surface area contributed by atoms with Crippen molar-refractivity contribution in [2.24, 2.45) is 0 Å². The number of hydrogen-bond acceptors (Lipinski definition) is 3. The van der Waals surface area contributed by atoms with E-state index in [0.29, 0.717) is 17.7 Å². The molecular formula is C21H14N2O.